The average molecular weight is 571 g/mol. The summed E-state index contributed by atoms with van der Waals surface area (Å²) in [6, 6.07) is 3.69. The van der Waals surface area contributed by atoms with Crippen LogP contribution in [0.25, 0.3) is 11.1 Å². The fourth-order valence-corrected chi connectivity index (χ4v) is 5.79. The van der Waals surface area contributed by atoms with E-state index in [0.717, 1.165) is 57.4 Å². The fraction of sp³-hybridized carbons (Fsp3) is 0.636. The van der Waals surface area contributed by atoms with Gasteiger partial charge in [-0.3, -0.25) is 0 Å². The molecule has 0 aliphatic heterocycles. The molecular formula is C33H44F6O. The Morgan fingerprint density at radius 1 is 0.825 bits per heavy atom. The van der Waals surface area contributed by atoms with Crippen LogP contribution in [0.5, 0.6) is 0 Å². The first-order valence-corrected chi connectivity index (χ1v) is 15.1. The van der Waals surface area contributed by atoms with Crippen molar-refractivity contribution in [2.75, 3.05) is 13.2 Å². The second kappa shape index (κ2) is 15.3. The molecule has 0 fully saturated rings. The monoisotopic (exact) mass is 570 g/mol. The number of halogens is 6. The van der Waals surface area contributed by atoms with Crippen molar-refractivity contribution < 1.29 is 31.1 Å². The summed E-state index contributed by atoms with van der Waals surface area (Å²) in [6.45, 7) is 7.42. The summed E-state index contributed by atoms with van der Waals surface area (Å²) in [4.78, 5) is 0. The van der Waals surface area contributed by atoms with Crippen molar-refractivity contribution in [2.24, 2.45) is 11.8 Å². The van der Waals surface area contributed by atoms with E-state index in [4.69, 9.17) is 4.74 Å². The van der Waals surface area contributed by atoms with Gasteiger partial charge in [-0.05, 0) is 61.6 Å². The molecule has 7 heteroatoms. The first-order chi connectivity index (χ1) is 19.1. The molecule has 2 aromatic rings. The van der Waals surface area contributed by atoms with Gasteiger partial charge in [0.15, 0.2) is 23.3 Å². The summed E-state index contributed by atoms with van der Waals surface area (Å²) in [7, 11) is 0. The van der Waals surface area contributed by atoms with Gasteiger partial charge in [0.25, 0.3) is 5.92 Å². The Labute approximate surface area is 235 Å². The summed E-state index contributed by atoms with van der Waals surface area (Å²) in [5.41, 5.74) is -1.80. The second-order valence-electron chi connectivity index (χ2n) is 11.5. The number of aryl methyl sites for hydroxylation is 1. The van der Waals surface area contributed by atoms with Gasteiger partial charge in [-0.1, -0.05) is 77.8 Å². The average Bonchev–Trinajstić information content (AvgIpc) is 2.92. The fourth-order valence-electron chi connectivity index (χ4n) is 5.79. The van der Waals surface area contributed by atoms with Crippen LogP contribution in [0, 0.1) is 35.1 Å². The number of fused-ring (bicyclic) bond motifs is 1. The third-order valence-corrected chi connectivity index (χ3v) is 8.20. The van der Waals surface area contributed by atoms with Crippen LogP contribution in [0.1, 0.15) is 108 Å². The van der Waals surface area contributed by atoms with Crippen LogP contribution in [-0.2, 0) is 23.5 Å². The molecular weight excluding hydrogens is 526 g/mol. The normalized spacial score (nSPS) is 17.2. The maximum atomic E-state index is 15.4. The van der Waals surface area contributed by atoms with Crippen molar-refractivity contribution in [1.29, 1.82) is 0 Å². The van der Waals surface area contributed by atoms with Gasteiger partial charge in [0.2, 0.25) is 0 Å². The van der Waals surface area contributed by atoms with E-state index in [1.165, 1.54) is 12.1 Å². The number of benzene rings is 2. The number of alkyl halides is 2. The highest BCUT2D eigenvalue weighted by molar-refractivity contribution is 5.68. The van der Waals surface area contributed by atoms with Gasteiger partial charge in [0.05, 0.1) is 5.56 Å². The van der Waals surface area contributed by atoms with Crippen molar-refractivity contribution in [3.05, 3.63) is 58.2 Å². The molecule has 0 saturated heterocycles. The largest absolute Gasteiger partial charge is 0.381 e. The van der Waals surface area contributed by atoms with E-state index in [1.807, 2.05) is 6.92 Å². The minimum Gasteiger partial charge on any atom is -0.381 e. The lowest BCUT2D eigenvalue weighted by Crippen LogP contribution is -2.33. The van der Waals surface area contributed by atoms with Gasteiger partial charge in [-0.15, -0.1) is 0 Å². The lowest BCUT2D eigenvalue weighted by molar-refractivity contribution is -0.0823. The highest BCUT2D eigenvalue weighted by Crippen LogP contribution is 2.49. The van der Waals surface area contributed by atoms with Crippen LogP contribution in [0.4, 0.5) is 26.3 Å². The van der Waals surface area contributed by atoms with Gasteiger partial charge in [-0.2, -0.15) is 0 Å². The molecule has 224 valence electrons. The molecule has 0 heterocycles. The summed E-state index contributed by atoms with van der Waals surface area (Å²) in [5.74, 6) is -10.1. The zero-order valence-corrected chi connectivity index (χ0v) is 24.2. The van der Waals surface area contributed by atoms with Crippen LogP contribution in [0.3, 0.4) is 0 Å². The van der Waals surface area contributed by atoms with Gasteiger partial charge >= 0.3 is 0 Å². The molecule has 0 N–H and O–H groups in total. The van der Waals surface area contributed by atoms with E-state index in [-0.39, 0.29) is 36.3 Å². The Morgan fingerprint density at radius 2 is 1.50 bits per heavy atom. The van der Waals surface area contributed by atoms with E-state index in [0.29, 0.717) is 26.1 Å². The molecule has 0 bridgehead atoms. The zero-order chi connectivity index (χ0) is 29.3. The first-order valence-electron chi connectivity index (χ1n) is 15.1. The molecule has 0 saturated carbocycles. The Morgan fingerprint density at radius 3 is 2.20 bits per heavy atom. The Kier molecular flexibility index (Phi) is 12.4. The van der Waals surface area contributed by atoms with E-state index >= 15 is 22.0 Å². The lowest BCUT2D eigenvalue weighted by Gasteiger charge is -2.34. The molecule has 0 amide bonds. The molecule has 1 nitrogen and oxygen atoms in total. The van der Waals surface area contributed by atoms with Gasteiger partial charge in [-0.25, -0.2) is 26.3 Å². The molecule has 0 aromatic heterocycles. The van der Waals surface area contributed by atoms with Crippen molar-refractivity contribution in [1.82, 2.24) is 0 Å². The van der Waals surface area contributed by atoms with Gasteiger partial charge < -0.3 is 4.74 Å². The number of unbranched alkanes of at least 4 members (excludes halogenated alkanes) is 5. The van der Waals surface area contributed by atoms with Crippen LogP contribution in [-0.4, -0.2) is 13.2 Å². The standard InChI is InChI=1S/C33H44F6O/c1-4-6-10-18-40-19-11-8-9-13-25-16-14-23-21-27(31(36)32(37)28(23)33(25,38)39)26-17-15-24(29(34)30(26)35)20-22(3)12-7-5-2/h15,17,21-22,25H,4-14,16,18-20H2,1-3H3. The van der Waals surface area contributed by atoms with Gasteiger partial charge in [0.1, 0.15) is 0 Å². The first kappa shape index (κ1) is 32.5. The Balaban J connectivity index is 1.72. The topological polar surface area (TPSA) is 9.23 Å². The summed E-state index contributed by atoms with van der Waals surface area (Å²) < 4.78 is 96.8. The van der Waals surface area contributed by atoms with Gasteiger partial charge in [0, 0.05) is 30.3 Å². The summed E-state index contributed by atoms with van der Waals surface area (Å²) >= 11 is 0. The molecule has 2 atom stereocenters. The maximum absolute atomic E-state index is 15.4. The Hall–Kier alpha value is -2.02. The van der Waals surface area contributed by atoms with E-state index in [2.05, 4.69) is 13.8 Å². The quantitative estimate of drug-likeness (QED) is 0.144. The molecule has 0 spiro atoms. The molecule has 1 aliphatic rings. The van der Waals surface area contributed by atoms with E-state index < -0.39 is 51.8 Å². The third-order valence-electron chi connectivity index (χ3n) is 8.20. The molecule has 0 radical (unpaired) electrons. The smallest absolute Gasteiger partial charge is 0.279 e. The maximum Gasteiger partial charge on any atom is 0.279 e. The molecule has 2 aromatic carbocycles. The highest BCUT2D eigenvalue weighted by Gasteiger charge is 2.48. The summed E-state index contributed by atoms with van der Waals surface area (Å²) in [5, 5.41) is 0. The van der Waals surface area contributed by atoms with Crippen molar-refractivity contribution >= 4 is 0 Å². The Bertz CT molecular complexity index is 1100. The molecule has 2 unspecified atom stereocenters. The minimum absolute atomic E-state index is 0.0484. The summed E-state index contributed by atoms with van der Waals surface area (Å²) in [6.07, 6.45) is 8.89. The SMILES string of the molecule is CCCCCOCCCCCC1CCc2cc(-c3ccc(CC(C)CCCC)c(F)c3F)c(F)c(F)c2C1(F)F. The molecule has 40 heavy (non-hydrogen) atoms. The van der Waals surface area contributed by atoms with Crippen molar-refractivity contribution in [3.8, 4) is 11.1 Å². The predicted molar refractivity (Wildman–Crippen MR) is 149 cm³/mol. The second-order valence-corrected chi connectivity index (χ2v) is 11.5. The van der Waals surface area contributed by atoms with Crippen molar-refractivity contribution in [2.45, 2.75) is 110 Å². The number of hydrogen-bond donors (Lipinski definition) is 0. The van der Waals surface area contributed by atoms with Crippen LogP contribution >= 0.6 is 0 Å². The van der Waals surface area contributed by atoms with Crippen LogP contribution < -0.4 is 0 Å². The van der Waals surface area contributed by atoms with Crippen LogP contribution in [0.2, 0.25) is 0 Å². The predicted octanol–water partition coefficient (Wildman–Crippen LogP) is 10.7. The highest BCUT2D eigenvalue weighted by atomic mass is 19.3. The number of hydrogen-bond acceptors (Lipinski definition) is 1. The molecule has 3 rings (SSSR count). The van der Waals surface area contributed by atoms with Crippen LogP contribution in [0.15, 0.2) is 18.2 Å². The van der Waals surface area contributed by atoms with Crippen molar-refractivity contribution in [3.63, 3.8) is 0 Å². The van der Waals surface area contributed by atoms with E-state index in [9.17, 15) is 4.39 Å². The zero-order valence-electron chi connectivity index (χ0n) is 24.2. The third kappa shape index (κ3) is 7.83. The van der Waals surface area contributed by atoms with E-state index in [1.54, 1.807) is 0 Å². The number of ether oxygens (including phenoxy) is 1. The number of rotatable bonds is 16. The molecule has 1 aliphatic carbocycles. The lowest BCUT2D eigenvalue weighted by atomic mass is 9.77. The minimum atomic E-state index is -3.55.